The molecule has 1 aromatic rings. The van der Waals surface area contributed by atoms with Gasteiger partial charge in [-0.05, 0) is 43.4 Å². The topological polar surface area (TPSA) is 47.3 Å². The van der Waals surface area contributed by atoms with Crippen LogP contribution in [0.3, 0.4) is 0 Å². The molecule has 1 N–H and O–H groups in total. The third-order valence-corrected chi connectivity index (χ3v) is 3.67. The van der Waals surface area contributed by atoms with Crippen molar-refractivity contribution in [3.63, 3.8) is 0 Å². The number of hydrogen-bond acceptors (Lipinski definition) is 3. The number of hydrogen-bond donors (Lipinski definition) is 1. The molecule has 0 radical (unpaired) electrons. The monoisotopic (exact) mass is 244 g/mol. The molecule has 96 valence electrons. The summed E-state index contributed by atoms with van der Waals surface area (Å²) in [4.78, 5) is 2.40. The molecule has 18 heavy (non-hydrogen) atoms. The lowest BCUT2D eigenvalue weighted by atomic mass is 9.94. The van der Waals surface area contributed by atoms with Crippen molar-refractivity contribution in [2.24, 2.45) is 5.92 Å². The van der Waals surface area contributed by atoms with Crippen molar-refractivity contribution in [3.05, 3.63) is 35.4 Å². The van der Waals surface area contributed by atoms with Crippen LogP contribution >= 0.6 is 0 Å². The summed E-state index contributed by atoms with van der Waals surface area (Å²) >= 11 is 0. The molecular formula is C15H20N2O. The first-order valence-corrected chi connectivity index (χ1v) is 6.64. The molecule has 2 rings (SSSR count). The van der Waals surface area contributed by atoms with Crippen molar-refractivity contribution in [1.82, 2.24) is 4.90 Å². The highest BCUT2D eigenvalue weighted by molar-refractivity contribution is 5.37. The first kappa shape index (κ1) is 13.1. The van der Waals surface area contributed by atoms with Crippen LogP contribution in [0.2, 0.25) is 0 Å². The fourth-order valence-corrected chi connectivity index (χ4v) is 2.72. The standard InChI is InChI=1S/C15H20N2O/c16-10-14-5-1-2-6-15(14)12-17-8-3-4-13(11-17)7-9-18/h1-2,5-6,13,18H,3-4,7-9,11-12H2. The molecule has 1 heterocycles. The van der Waals surface area contributed by atoms with Gasteiger partial charge >= 0.3 is 0 Å². The Bertz CT molecular complexity index is 423. The third kappa shape index (κ3) is 3.32. The van der Waals surface area contributed by atoms with Crippen LogP contribution in [0.5, 0.6) is 0 Å². The van der Waals surface area contributed by atoms with Crippen LogP contribution in [-0.4, -0.2) is 29.7 Å². The van der Waals surface area contributed by atoms with Crippen LogP contribution < -0.4 is 0 Å². The molecule has 0 aliphatic carbocycles. The Morgan fingerprint density at radius 3 is 3.00 bits per heavy atom. The van der Waals surface area contributed by atoms with E-state index in [4.69, 9.17) is 10.4 Å². The van der Waals surface area contributed by atoms with E-state index in [2.05, 4.69) is 11.0 Å². The van der Waals surface area contributed by atoms with E-state index in [0.717, 1.165) is 37.2 Å². The van der Waals surface area contributed by atoms with Crippen LogP contribution in [0.25, 0.3) is 0 Å². The Hall–Kier alpha value is -1.37. The Kier molecular flexibility index (Phi) is 4.74. The lowest BCUT2D eigenvalue weighted by Crippen LogP contribution is -2.35. The number of nitriles is 1. The van der Waals surface area contributed by atoms with Gasteiger partial charge in [0.25, 0.3) is 0 Å². The van der Waals surface area contributed by atoms with E-state index in [9.17, 15) is 0 Å². The van der Waals surface area contributed by atoms with Gasteiger partial charge in [0.05, 0.1) is 11.6 Å². The van der Waals surface area contributed by atoms with Gasteiger partial charge in [0, 0.05) is 19.7 Å². The number of benzene rings is 1. The predicted octanol–water partition coefficient (Wildman–Crippen LogP) is 2.15. The van der Waals surface area contributed by atoms with Gasteiger partial charge in [-0.3, -0.25) is 4.90 Å². The summed E-state index contributed by atoms with van der Waals surface area (Å²) in [6.45, 7) is 3.28. The maximum atomic E-state index is 9.08. The van der Waals surface area contributed by atoms with Crippen molar-refractivity contribution in [1.29, 1.82) is 5.26 Å². The number of piperidine rings is 1. The average Bonchev–Trinajstić information content (AvgIpc) is 2.40. The molecule has 1 aliphatic heterocycles. The third-order valence-electron chi connectivity index (χ3n) is 3.67. The molecule has 0 bridgehead atoms. The van der Waals surface area contributed by atoms with Crippen molar-refractivity contribution in [2.75, 3.05) is 19.7 Å². The molecule has 0 amide bonds. The summed E-state index contributed by atoms with van der Waals surface area (Å²) in [5.41, 5.74) is 1.89. The van der Waals surface area contributed by atoms with Gasteiger partial charge in [-0.25, -0.2) is 0 Å². The van der Waals surface area contributed by atoms with Crippen LogP contribution in [0.1, 0.15) is 30.4 Å². The molecule has 1 atom stereocenters. The van der Waals surface area contributed by atoms with E-state index >= 15 is 0 Å². The largest absolute Gasteiger partial charge is 0.396 e. The highest BCUT2D eigenvalue weighted by Crippen LogP contribution is 2.21. The molecule has 1 aromatic carbocycles. The van der Waals surface area contributed by atoms with Gasteiger partial charge in [-0.15, -0.1) is 0 Å². The Labute approximate surface area is 109 Å². The van der Waals surface area contributed by atoms with Gasteiger partial charge in [-0.1, -0.05) is 18.2 Å². The average molecular weight is 244 g/mol. The minimum absolute atomic E-state index is 0.285. The van der Waals surface area contributed by atoms with E-state index in [-0.39, 0.29) is 6.61 Å². The Morgan fingerprint density at radius 1 is 1.39 bits per heavy atom. The Balaban J connectivity index is 1.98. The van der Waals surface area contributed by atoms with Crippen molar-refractivity contribution in [2.45, 2.75) is 25.8 Å². The van der Waals surface area contributed by atoms with Gasteiger partial charge in [-0.2, -0.15) is 5.26 Å². The molecule has 3 heteroatoms. The van der Waals surface area contributed by atoms with E-state index < -0.39 is 0 Å². The molecule has 1 unspecified atom stereocenters. The number of nitrogens with zero attached hydrogens (tertiary/aromatic N) is 2. The molecule has 1 aliphatic rings. The SMILES string of the molecule is N#Cc1ccccc1CN1CCCC(CCO)C1. The second-order valence-corrected chi connectivity index (χ2v) is 5.02. The van der Waals surface area contributed by atoms with Crippen molar-refractivity contribution < 1.29 is 5.11 Å². The highest BCUT2D eigenvalue weighted by atomic mass is 16.3. The lowest BCUT2D eigenvalue weighted by Gasteiger charge is -2.32. The lowest BCUT2D eigenvalue weighted by molar-refractivity contribution is 0.142. The van der Waals surface area contributed by atoms with Crippen LogP contribution in [0, 0.1) is 17.2 Å². The first-order valence-electron chi connectivity index (χ1n) is 6.64. The van der Waals surface area contributed by atoms with Gasteiger partial charge in [0.15, 0.2) is 0 Å². The summed E-state index contributed by atoms with van der Waals surface area (Å²) in [6, 6.07) is 10.1. The van der Waals surface area contributed by atoms with E-state index in [1.165, 1.54) is 12.8 Å². The van der Waals surface area contributed by atoms with E-state index in [1.54, 1.807) is 0 Å². The van der Waals surface area contributed by atoms with E-state index in [0.29, 0.717) is 5.92 Å². The summed E-state index contributed by atoms with van der Waals surface area (Å²) in [5.74, 6) is 0.609. The zero-order chi connectivity index (χ0) is 12.8. The summed E-state index contributed by atoms with van der Waals surface area (Å²) in [7, 11) is 0. The minimum atomic E-state index is 0.285. The smallest absolute Gasteiger partial charge is 0.0995 e. The molecule has 0 spiro atoms. The highest BCUT2D eigenvalue weighted by Gasteiger charge is 2.19. The Morgan fingerprint density at radius 2 is 2.22 bits per heavy atom. The number of aliphatic hydroxyl groups excluding tert-OH is 1. The predicted molar refractivity (Wildman–Crippen MR) is 70.9 cm³/mol. The fraction of sp³-hybridized carbons (Fsp3) is 0.533. The molecule has 1 saturated heterocycles. The zero-order valence-electron chi connectivity index (χ0n) is 10.7. The normalized spacial score (nSPS) is 20.6. The molecule has 0 aromatic heterocycles. The number of rotatable bonds is 4. The van der Waals surface area contributed by atoms with Crippen LogP contribution in [0.15, 0.2) is 24.3 Å². The van der Waals surface area contributed by atoms with Gasteiger partial charge < -0.3 is 5.11 Å². The number of likely N-dealkylation sites (tertiary alicyclic amines) is 1. The van der Waals surface area contributed by atoms with Crippen molar-refractivity contribution >= 4 is 0 Å². The summed E-state index contributed by atoms with van der Waals surface area (Å²) in [6.07, 6.45) is 3.31. The minimum Gasteiger partial charge on any atom is -0.396 e. The molecule has 3 nitrogen and oxygen atoms in total. The van der Waals surface area contributed by atoms with Crippen molar-refractivity contribution in [3.8, 4) is 6.07 Å². The molecule has 0 saturated carbocycles. The molecular weight excluding hydrogens is 224 g/mol. The van der Waals surface area contributed by atoms with Gasteiger partial charge in [0.1, 0.15) is 0 Å². The van der Waals surface area contributed by atoms with E-state index in [1.807, 2.05) is 24.3 Å². The first-order chi connectivity index (χ1) is 8.83. The molecule has 1 fully saturated rings. The van der Waals surface area contributed by atoms with Gasteiger partial charge in [0.2, 0.25) is 0 Å². The number of aliphatic hydroxyl groups is 1. The summed E-state index contributed by atoms with van der Waals surface area (Å²) < 4.78 is 0. The quantitative estimate of drug-likeness (QED) is 0.882. The van der Waals surface area contributed by atoms with Crippen LogP contribution in [0.4, 0.5) is 0 Å². The zero-order valence-corrected chi connectivity index (χ0v) is 10.7. The maximum absolute atomic E-state index is 9.08. The maximum Gasteiger partial charge on any atom is 0.0995 e. The van der Waals surface area contributed by atoms with Crippen LogP contribution in [-0.2, 0) is 6.54 Å². The second-order valence-electron chi connectivity index (χ2n) is 5.02. The second kappa shape index (κ2) is 6.53. The fourth-order valence-electron chi connectivity index (χ4n) is 2.72. The summed E-state index contributed by atoms with van der Waals surface area (Å²) in [5, 5.41) is 18.1.